The Bertz CT molecular complexity index is 731. The van der Waals surface area contributed by atoms with E-state index in [1.54, 1.807) is 0 Å². The fourth-order valence-electron chi connectivity index (χ4n) is 1.88. The lowest BCUT2D eigenvalue weighted by Crippen LogP contribution is -2.41. The number of imide groups is 1. The lowest BCUT2D eigenvalue weighted by molar-refractivity contribution is -0.117. The average molecular weight is 364 g/mol. The van der Waals surface area contributed by atoms with E-state index in [2.05, 4.69) is 20.8 Å². The third-order valence-electron chi connectivity index (χ3n) is 3.15. The molecule has 0 saturated heterocycles. The minimum Gasteiger partial charge on any atom is -0.383 e. The topological polar surface area (TPSA) is 124 Å². The van der Waals surface area contributed by atoms with Crippen LogP contribution in [0, 0.1) is 6.92 Å². The van der Waals surface area contributed by atoms with Crippen molar-refractivity contribution in [2.75, 3.05) is 31.9 Å². The van der Waals surface area contributed by atoms with Crippen LogP contribution in [0.2, 0.25) is 0 Å². The van der Waals surface area contributed by atoms with Crippen LogP contribution in [-0.4, -0.2) is 52.8 Å². The van der Waals surface area contributed by atoms with E-state index in [1.165, 1.54) is 11.8 Å². The van der Waals surface area contributed by atoms with E-state index < -0.39 is 11.9 Å². The number of ether oxygens (including phenoxy) is 1. The van der Waals surface area contributed by atoms with E-state index in [4.69, 9.17) is 10.6 Å². The normalized spacial score (nSPS) is 10.5. The lowest BCUT2D eigenvalue weighted by Gasteiger charge is -2.06. The van der Waals surface area contributed by atoms with Crippen molar-refractivity contribution in [1.82, 2.24) is 25.5 Å². The van der Waals surface area contributed by atoms with Crippen molar-refractivity contribution in [3.63, 3.8) is 0 Å². The van der Waals surface area contributed by atoms with Gasteiger partial charge in [-0.25, -0.2) is 9.47 Å². The molecule has 0 aliphatic rings. The minimum absolute atomic E-state index is 0.0130. The van der Waals surface area contributed by atoms with Crippen LogP contribution in [0.3, 0.4) is 0 Å². The largest absolute Gasteiger partial charge is 0.383 e. The van der Waals surface area contributed by atoms with Gasteiger partial charge in [0, 0.05) is 19.2 Å². The maximum absolute atomic E-state index is 11.8. The van der Waals surface area contributed by atoms with Gasteiger partial charge >= 0.3 is 6.03 Å². The zero-order valence-electron chi connectivity index (χ0n) is 14.0. The summed E-state index contributed by atoms with van der Waals surface area (Å²) in [6.45, 7) is 2.68. The van der Waals surface area contributed by atoms with Gasteiger partial charge in [0.25, 0.3) is 0 Å². The Morgan fingerprint density at radius 1 is 1.28 bits per heavy atom. The van der Waals surface area contributed by atoms with E-state index in [0.717, 1.165) is 22.9 Å². The van der Waals surface area contributed by atoms with Crippen molar-refractivity contribution in [3.05, 3.63) is 29.8 Å². The number of carbonyl (C=O) groups is 2. The number of amides is 3. The number of nitrogen functional groups attached to an aromatic ring is 1. The molecule has 0 radical (unpaired) electrons. The Balaban J connectivity index is 1.88. The van der Waals surface area contributed by atoms with Crippen molar-refractivity contribution in [3.8, 4) is 11.4 Å². The van der Waals surface area contributed by atoms with Crippen LogP contribution in [0.15, 0.2) is 29.4 Å². The highest BCUT2D eigenvalue weighted by Gasteiger charge is 2.14. The predicted octanol–water partition coefficient (Wildman–Crippen LogP) is 0.532. The number of rotatable bonds is 7. The maximum atomic E-state index is 11.8. The first kappa shape index (κ1) is 18.7. The van der Waals surface area contributed by atoms with E-state index in [-0.39, 0.29) is 5.75 Å². The number of hydrogen-bond acceptors (Lipinski definition) is 7. The molecule has 0 bridgehead atoms. The Morgan fingerprint density at radius 2 is 2.00 bits per heavy atom. The molecule has 1 aromatic heterocycles. The number of thioether (sulfide) groups is 1. The Labute approximate surface area is 149 Å². The highest BCUT2D eigenvalue weighted by Crippen LogP contribution is 2.21. The number of benzene rings is 1. The summed E-state index contributed by atoms with van der Waals surface area (Å²) in [5.41, 5.74) is 1.95. The van der Waals surface area contributed by atoms with Crippen molar-refractivity contribution in [2.45, 2.75) is 12.1 Å². The number of carbonyl (C=O) groups excluding carboxylic acids is 2. The fraction of sp³-hybridized carbons (Fsp3) is 0.333. The van der Waals surface area contributed by atoms with Gasteiger partial charge in [-0.2, -0.15) is 0 Å². The third-order valence-corrected chi connectivity index (χ3v) is 4.09. The summed E-state index contributed by atoms with van der Waals surface area (Å²) in [5.74, 6) is 6.02. The first-order chi connectivity index (χ1) is 12.0. The smallest absolute Gasteiger partial charge is 0.321 e. The van der Waals surface area contributed by atoms with Crippen molar-refractivity contribution >= 4 is 23.7 Å². The molecule has 4 N–H and O–H groups in total. The first-order valence-electron chi connectivity index (χ1n) is 7.48. The van der Waals surface area contributed by atoms with Crippen molar-refractivity contribution < 1.29 is 14.3 Å². The predicted molar refractivity (Wildman–Crippen MR) is 94.5 cm³/mol. The van der Waals surface area contributed by atoms with Crippen LogP contribution in [0.4, 0.5) is 4.79 Å². The van der Waals surface area contributed by atoms with Gasteiger partial charge in [0.05, 0.1) is 12.4 Å². The fourth-order valence-corrected chi connectivity index (χ4v) is 2.54. The van der Waals surface area contributed by atoms with Crippen LogP contribution in [-0.2, 0) is 9.53 Å². The molecule has 2 aromatic rings. The molecule has 0 unspecified atom stereocenters. The number of aromatic nitrogens is 3. The molecule has 134 valence electrons. The van der Waals surface area contributed by atoms with E-state index in [1.807, 2.05) is 31.2 Å². The van der Waals surface area contributed by atoms with Crippen LogP contribution < -0.4 is 16.5 Å². The number of hydrogen-bond donors (Lipinski definition) is 3. The molecule has 0 aliphatic carbocycles. The van der Waals surface area contributed by atoms with Crippen LogP contribution >= 0.6 is 11.8 Å². The van der Waals surface area contributed by atoms with E-state index in [9.17, 15) is 9.59 Å². The zero-order chi connectivity index (χ0) is 18.2. The quantitative estimate of drug-likeness (QED) is 0.372. The molecule has 10 heteroatoms. The molecule has 0 spiro atoms. The minimum atomic E-state index is -0.572. The summed E-state index contributed by atoms with van der Waals surface area (Å²) >= 11 is 1.09. The van der Waals surface area contributed by atoms with E-state index >= 15 is 0 Å². The second kappa shape index (κ2) is 9.04. The maximum Gasteiger partial charge on any atom is 0.321 e. The van der Waals surface area contributed by atoms with Gasteiger partial charge in [-0.15, -0.1) is 10.2 Å². The summed E-state index contributed by atoms with van der Waals surface area (Å²) in [6, 6.07) is 7.12. The summed E-state index contributed by atoms with van der Waals surface area (Å²) in [7, 11) is 1.52. The highest BCUT2D eigenvalue weighted by molar-refractivity contribution is 7.99. The highest BCUT2D eigenvalue weighted by atomic mass is 32.2. The van der Waals surface area contributed by atoms with E-state index in [0.29, 0.717) is 24.1 Å². The number of methoxy groups -OCH3 is 1. The van der Waals surface area contributed by atoms with Crippen LogP contribution in [0.1, 0.15) is 5.56 Å². The number of nitrogens with one attached hydrogen (secondary N) is 2. The monoisotopic (exact) mass is 364 g/mol. The van der Waals surface area contributed by atoms with Gasteiger partial charge in [-0.05, 0) is 6.92 Å². The average Bonchev–Trinajstić information content (AvgIpc) is 2.95. The summed E-state index contributed by atoms with van der Waals surface area (Å²) in [5, 5.41) is 13.1. The summed E-state index contributed by atoms with van der Waals surface area (Å²) in [6.07, 6.45) is 0. The Kier molecular flexibility index (Phi) is 6.78. The molecule has 1 heterocycles. The number of urea groups is 1. The number of nitrogens with two attached hydrogens (primary N) is 1. The summed E-state index contributed by atoms with van der Waals surface area (Å²) in [4.78, 5) is 23.2. The Morgan fingerprint density at radius 3 is 2.68 bits per heavy atom. The van der Waals surface area contributed by atoms with Crippen LogP contribution in [0.5, 0.6) is 0 Å². The molecule has 0 aliphatic heterocycles. The van der Waals surface area contributed by atoms with Gasteiger partial charge in [0.1, 0.15) is 0 Å². The molecule has 1 aromatic carbocycles. The SMILES string of the molecule is COCCNC(=O)NC(=O)CSc1nnc(-c2ccc(C)cc2)n1N. The second-order valence-corrected chi connectivity index (χ2v) is 6.07. The van der Waals surface area contributed by atoms with Gasteiger partial charge in [-0.1, -0.05) is 41.6 Å². The molecule has 0 fully saturated rings. The van der Waals surface area contributed by atoms with Crippen molar-refractivity contribution in [2.24, 2.45) is 0 Å². The molecule has 0 atom stereocenters. The van der Waals surface area contributed by atoms with Crippen LogP contribution in [0.25, 0.3) is 11.4 Å². The molecular weight excluding hydrogens is 344 g/mol. The molecule has 9 nitrogen and oxygen atoms in total. The second-order valence-electron chi connectivity index (χ2n) is 5.13. The molecule has 3 amide bonds. The molecule has 2 rings (SSSR count). The zero-order valence-corrected chi connectivity index (χ0v) is 14.8. The molecular formula is C15H20N6O3S. The number of aryl methyl sites for hydroxylation is 1. The van der Waals surface area contributed by atoms with Gasteiger partial charge in [0.15, 0.2) is 5.82 Å². The third kappa shape index (κ3) is 5.47. The molecule has 0 saturated carbocycles. The Hall–Kier alpha value is -2.59. The standard InChI is InChI=1S/C15H20N6O3S/c1-10-3-5-11(6-4-10)13-19-20-15(21(13)16)25-9-12(22)18-14(23)17-7-8-24-2/h3-6H,7-9,16H2,1-2H3,(H2,17,18,22,23). The van der Waals surface area contributed by atoms with Crippen molar-refractivity contribution in [1.29, 1.82) is 0 Å². The van der Waals surface area contributed by atoms with Gasteiger partial charge < -0.3 is 15.9 Å². The van der Waals surface area contributed by atoms with Gasteiger partial charge in [0.2, 0.25) is 11.1 Å². The van der Waals surface area contributed by atoms with Gasteiger partial charge in [-0.3, -0.25) is 10.1 Å². The lowest BCUT2D eigenvalue weighted by atomic mass is 10.1. The summed E-state index contributed by atoms with van der Waals surface area (Å²) < 4.78 is 6.12. The first-order valence-corrected chi connectivity index (χ1v) is 8.46. The number of nitrogens with zero attached hydrogens (tertiary/aromatic N) is 3. The molecule has 25 heavy (non-hydrogen) atoms.